The van der Waals surface area contributed by atoms with Crippen LogP contribution in [0.1, 0.15) is 11.1 Å². The van der Waals surface area contributed by atoms with Crippen LogP contribution in [-0.4, -0.2) is 11.1 Å². The van der Waals surface area contributed by atoms with E-state index in [1.165, 1.54) is 11.8 Å². The Bertz CT molecular complexity index is 1000. The van der Waals surface area contributed by atoms with Gasteiger partial charge in [0.2, 0.25) is 0 Å². The standard InChI is InChI=1S/C24H19N3S/c25-15-16-28-24-23(18-26)21(13-11-19-7-3-1-4-8-19)17-22(27-24)14-12-20-9-5-2-6-10-20/h1-14,17,24,27H,16H2/b13-11+,14-12+. The average Bonchev–Trinajstić information content (AvgIpc) is 2.76. The summed E-state index contributed by atoms with van der Waals surface area (Å²) >= 11 is 1.42. The molecule has 0 aromatic heterocycles. The molecule has 136 valence electrons. The highest BCUT2D eigenvalue weighted by atomic mass is 32.2. The quantitative estimate of drug-likeness (QED) is 0.737. The lowest BCUT2D eigenvalue weighted by atomic mass is 10.0. The Kier molecular flexibility index (Phi) is 6.90. The van der Waals surface area contributed by atoms with Crippen LogP contribution < -0.4 is 5.32 Å². The van der Waals surface area contributed by atoms with Gasteiger partial charge in [0, 0.05) is 5.70 Å². The highest BCUT2D eigenvalue weighted by Gasteiger charge is 2.21. The van der Waals surface area contributed by atoms with Crippen LogP contribution in [-0.2, 0) is 0 Å². The number of hydrogen-bond acceptors (Lipinski definition) is 4. The molecule has 28 heavy (non-hydrogen) atoms. The van der Waals surface area contributed by atoms with Crippen molar-refractivity contribution in [3.05, 3.63) is 107 Å². The molecule has 2 aromatic carbocycles. The number of thioether (sulfide) groups is 1. The Balaban J connectivity index is 1.92. The van der Waals surface area contributed by atoms with Gasteiger partial charge in [-0.3, -0.25) is 0 Å². The molecule has 2 aromatic rings. The van der Waals surface area contributed by atoms with Crippen LogP contribution in [0.2, 0.25) is 0 Å². The van der Waals surface area contributed by atoms with Crippen LogP contribution in [0.3, 0.4) is 0 Å². The fraction of sp³-hybridized carbons (Fsp3) is 0.0833. The molecular formula is C24H19N3S. The molecule has 1 atom stereocenters. The number of allylic oxidation sites excluding steroid dienone is 4. The lowest BCUT2D eigenvalue weighted by Crippen LogP contribution is -2.30. The van der Waals surface area contributed by atoms with Crippen molar-refractivity contribution in [2.24, 2.45) is 0 Å². The number of nitrogens with one attached hydrogen (secondary N) is 1. The minimum atomic E-state index is -0.250. The molecule has 0 radical (unpaired) electrons. The Morgan fingerprint density at radius 1 is 0.857 bits per heavy atom. The van der Waals surface area contributed by atoms with Gasteiger partial charge in [-0.2, -0.15) is 10.5 Å². The second kappa shape index (κ2) is 10.0. The van der Waals surface area contributed by atoms with Crippen molar-refractivity contribution in [2.75, 3.05) is 5.75 Å². The fourth-order valence-corrected chi connectivity index (χ4v) is 3.58. The van der Waals surface area contributed by atoms with E-state index in [0.717, 1.165) is 22.4 Å². The van der Waals surface area contributed by atoms with Gasteiger partial charge in [-0.25, -0.2) is 0 Å². The Labute approximate surface area is 170 Å². The monoisotopic (exact) mass is 381 g/mol. The zero-order valence-electron chi connectivity index (χ0n) is 15.2. The summed E-state index contributed by atoms with van der Waals surface area (Å²) in [6.45, 7) is 0. The Morgan fingerprint density at radius 3 is 2.04 bits per heavy atom. The van der Waals surface area contributed by atoms with E-state index in [4.69, 9.17) is 5.26 Å². The molecule has 0 spiro atoms. The van der Waals surface area contributed by atoms with Crippen molar-refractivity contribution in [3.63, 3.8) is 0 Å². The summed E-state index contributed by atoms with van der Waals surface area (Å²) in [6.07, 6.45) is 9.96. The highest BCUT2D eigenvalue weighted by Crippen LogP contribution is 2.27. The summed E-state index contributed by atoms with van der Waals surface area (Å²) in [5, 5.41) is 21.8. The first kappa shape index (κ1) is 19.3. The molecule has 0 amide bonds. The van der Waals surface area contributed by atoms with Gasteiger partial charge in [0.15, 0.2) is 0 Å². The Hall–Kier alpha value is -3.47. The summed E-state index contributed by atoms with van der Waals surface area (Å²) in [4.78, 5) is 0. The van der Waals surface area contributed by atoms with Crippen LogP contribution in [0.5, 0.6) is 0 Å². The van der Waals surface area contributed by atoms with Gasteiger partial charge in [0.25, 0.3) is 0 Å². The molecule has 0 aliphatic carbocycles. The van der Waals surface area contributed by atoms with Crippen molar-refractivity contribution in [1.82, 2.24) is 5.32 Å². The Morgan fingerprint density at radius 2 is 1.46 bits per heavy atom. The van der Waals surface area contributed by atoms with Gasteiger partial charge in [0.05, 0.1) is 23.5 Å². The molecule has 4 heteroatoms. The first-order valence-electron chi connectivity index (χ1n) is 8.87. The van der Waals surface area contributed by atoms with Crippen molar-refractivity contribution in [2.45, 2.75) is 5.37 Å². The van der Waals surface area contributed by atoms with Crippen LogP contribution in [0.15, 0.2) is 95.7 Å². The zero-order chi connectivity index (χ0) is 19.6. The normalized spacial score (nSPS) is 16.5. The van der Waals surface area contributed by atoms with Crippen molar-refractivity contribution < 1.29 is 0 Å². The van der Waals surface area contributed by atoms with Crippen molar-refractivity contribution in [1.29, 1.82) is 10.5 Å². The molecule has 1 aliphatic rings. The maximum Gasteiger partial charge on any atom is 0.110 e. The lowest BCUT2D eigenvalue weighted by molar-refractivity contribution is 0.839. The third-order valence-electron chi connectivity index (χ3n) is 4.13. The smallest absolute Gasteiger partial charge is 0.110 e. The second-order valence-corrected chi connectivity index (χ2v) is 7.16. The van der Waals surface area contributed by atoms with Gasteiger partial charge in [0.1, 0.15) is 5.37 Å². The summed E-state index contributed by atoms with van der Waals surface area (Å²) in [5.41, 5.74) is 4.56. The summed E-state index contributed by atoms with van der Waals surface area (Å²) < 4.78 is 0. The van der Waals surface area contributed by atoms with Gasteiger partial charge >= 0.3 is 0 Å². The summed E-state index contributed by atoms with van der Waals surface area (Å²) in [7, 11) is 0. The molecule has 1 N–H and O–H groups in total. The minimum absolute atomic E-state index is 0.250. The molecule has 0 fully saturated rings. The predicted octanol–water partition coefficient (Wildman–Crippen LogP) is 5.30. The topological polar surface area (TPSA) is 59.6 Å². The zero-order valence-corrected chi connectivity index (χ0v) is 16.1. The van der Waals surface area contributed by atoms with Crippen LogP contribution in [0.4, 0.5) is 0 Å². The van der Waals surface area contributed by atoms with Crippen molar-refractivity contribution >= 4 is 23.9 Å². The van der Waals surface area contributed by atoms with E-state index in [0.29, 0.717) is 11.3 Å². The van der Waals surface area contributed by atoms with E-state index < -0.39 is 0 Å². The molecular weight excluding hydrogens is 362 g/mol. The van der Waals surface area contributed by atoms with Crippen molar-refractivity contribution in [3.8, 4) is 12.1 Å². The number of nitriles is 2. The number of dihydropyridines is 1. The van der Waals surface area contributed by atoms with E-state index in [1.54, 1.807) is 0 Å². The summed E-state index contributed by atoms with van der Waals surface area (Å²) in [5.74, 6) is 0.314. The molecule has 0 saturated heterocycles. The molecule has 0 saturated carbocycles. The van der Waals surface area contributed by atoms with E-state index in [9.17, 15) is 5.26 Å². The van der Waals surface area contributed by atoms with E-state index in [1.807, 2.05) is 91.0 Å². The number of benzene rings is 2. The number of rotatable bonds is 6. The summed E-state index contributed by atoms with van der Waals surface area (Å²) in [6, 6.07) is 24.5. The maximum atomic E-state index is 9.70. The highest BCUT2D eigenvalue weighted by molar-refractivity contribution is 8.00. The number of hydrogen-bond donors (Lipinski definition) is 1. The minimum Gasteiger partial charge on any atom is -0.369 e. The third-order valence-corrected chi connectivity index (χ3v) is 5.11. The molecule has 1 unspecified atom stereocenters. The molecule has 1 aliphatic heterocycles. The van der Waals surface area contributed by atoms with Crippen LogP contribution in [0, 0.1) is 22.7 Å². The third kappa shape index (κ3) is 5.27. The first-order valence-corrected chi connectivity index (χ1v) is 9.92. The average molecular weight is 382 g/mol. The molecule has 3 nitrogen and oxygen atoms in total. The SMILES string of the molecule is N#CCSC1NC(/C=C/c2ccccc2)=CC(/C=C/c2ccccc2)=C1C#N. The van der Waals surface area contributed by atoms with E-state index in [-0.39, 0.29) is 5.37 Å². The molecule has 0 bridgehead atoms. The lowest BCUT2D eigenvalue weighted by Gasteiger charge is -2.24. The molecule has 3 rings (SSSR count). The van der Waals surface area contributed by atoms with E-state index >= 15 is 0 Å². The predicted molar refractivity (Wildman–Crippen MR) is 117 cm³/mol. The second-order valence-electron chi connectivity index (χ2n) is 6.06. The van der Waals surface area contributed by atoms with Gasteiger partial charge < -0.3 is 5.32 Å². The van der Waals surface area contributed by atoms with Gasteiger partial charge in [-0.1, -0.05) is 78.9 Å². The first-order chi connectivity index (χ1) is 13.8. The van der Waals surface area contributed by atoms with Gasteiger partial charge in [-0.05, 0) is 28.9 Å². The molecule has 1 heterocycles. The number of nitrogens with zero attached hydrogens (tertiary/aromatic N) is 2. The largest absolute Gasteiger partial charge is 0.369 e. The van der Waals surface area contributed by atoms with Crippen LogP contribution >= 0.6 is 11.8 Å². The van der Waals surface area contributed by atoms with Gasteiger partial charge in [-0.15, -0.1) is 11.8 Å². The maximum absolute atomic E-state index is 9.70. The fourth-order valence-electron chi connectivity index (χ4n) is 2.77. The van der Waals surface area contributed by atoms with Crippen LogP contribution in [0.25, 0.3) is 12.2 Å². The van der Waals surface area contributed by atoms with E-state index in [2.05, 4.69) is 17.5 Å².